The lowest BCUT2D eigenvalue weighted by molar-refractivity contribution is -0.142. The number of hydrogen-bond donors (Lipinski definition) is 2. The summed E-state index contributed by atoms with van der Waals surface area (Å²) in [5, 5.41) is 0. The molecule has 4 N–H and O–H groups in total. The van der Waals surface area contributed by atoms with E-state index in [0.29, 0.717) is 0 Å². The summed E-state index contributed by atoms with van der Waals surface area (Å²) in [5.74, 6) is -0.574. The molecule has 0 bridgehead atoms. The van der Waals surface area contributed by atoms with Crippen molar-refractivity contribution < 1.29 is 9.53 Å². The Bertz CT molecular complexity index is 149. The van der Waals surface area contributed by atoms with Crippen LogP contribution in [0.25, 0.3) is 0 Å². The van der Waals surface area contributed by atoms with E-state index >= 15 is 0 Å². The van der Waals surface area contributed by atoms with Crippen LogP contribution < -0.4 is 11.5 Å². The summed E-state index contributed by atoms with van der Waals surface area (Å²) >= 11 is 4.46. The Balaban J connectivity index is 3.82. The van der Waals surface area contributed by atoms with Gasteiger partial charge < -0.3 is 16.2 Å². The standard InChI is InChI=1S/C5H10N2O2S/c1-2-9-5(8)3(6)4(7)10/h3H,2,6H2,1H3,(H2,7,10). The smallest absolute Gasteiger partial charge is 0.330 e. The van der Waals surface area contributed by atoms with Crippen molar-refractivity contribution >= 4 is 23.2 Å². The van der Waals surface area contributed by atoms with E-state index in [2.05, 4.69) is 17.0 Å². The lowest BCUT2D eigenvalue weighted by Gasteiger charge is -2.06. The minimum atomic E-state index is -0.963. The van der Waals surface area contributed by atoms with E-state index in [0.717, 1.165) is 0 Å². The molecule has 0 aliphatic heterocycles. The second-order valence-electron chi connectivity index (χ2n) is 1.63. The predicted molar refractivity (Wildman–Crippen MR) is 41.4 cm³/mol. The van der Waals surface area contributed by atoms with Crippen LogP contribution >= 0.6 is 12.2 Å². The highest BCUT2D eigenvalue weighted by atomic mass is 32.1. The van der Waals surface area contributed by atoms with Crippen molar-refractivity contribution in [1.29, 1.82) is 0 Å². The number of rotatable bonds is 3. The molecule has 0 amide bonds. The van der Waals surface area contributed by atoms with Crippen molar-refractivity contribution in [3.63, 3.8) is 0 Å². The van der Waals surface area contributed by atoms with Crippen molar-refractivity contribution in [2.45, 2.75) is 13.0 Å². The van der Waals surface area contributed by atoms with Crippen molar-refractivity contribution in [2.75, 3.05) is 6.61 Å². The molecular weight excluding hydrogens is 152 g/mol. The number of carbonyl (C=O) groups is 1. The molecule has 1 unspecified atom stereocenters. The quantitative estimate of drug-likeness (QED) is 0.418. The molecule has 0 fully saturated rings. The first kappa shape index (κ1) is 9.32. The molecule has 0 aromatic heterocycles. The third-order valence-corrected chi connectivity index (χ3v) is 1.10. The van der Waals surface area contributed by atoms with Gasteiger partial charge in [-0.25, -0.2) is 4.79 Å². The molecule has 10 heavy (non-hydrogen) atoms. The number of thiocarbonyl (C=S) groups is 1. The van der Waals surface area contributed by atoms with Crippen LogP contribution in [0.3, 0.4) is 0 Å². The van der Waals surface area contributed by atoms with Crippen molar-refractivity contribution in [1.82, 2.24) is 0 Å². The molecule has 1 atom stereocenters. The van der Waals surface area contributed by atoms with E-state index in [1.165, 1.54) is 0 Å². The fraction of sp³-hybridized carbons (Fsp3) is 0.600. The topological polar surface area (TPSA) is 78.3 Å². The highest BCUT2D eigenvalue weighted by molar-refractivity contribution is 7.80. The average molecular weight is 162 g/mol. The zero-order chi connectivity index (χ0) is 8.15. The van der Waals surface area contributed by atoms with Crippen LogP contribution in [-0.4, -0.2) is 23.6 Å². The number of esters is 1. The monoisotopic (exact) mass is 162 g/mol. The van der Waals surface area contributed by atoms with Gasteiger partial charge >= 0.3 is 5.97 Å². The van der Waals surface area contributed by atoms with Gasteiger partial charge in [-0.2, -0.15) is 0 Å². The van der Waals surface area contributed by atoms with Gasteiger partial charge in [0.2, 0.25) is 0 Å². The Kier molecular flexibility index (Phi) is 3.90. The Morgan fingerprint density at radius 2 is 2.30 bits per heavy atom. The predicted octanol–water partition coefficient (Wildman–Crippen LogP) is -0.837. The van der Waals surface area contributed by atoms with Gasteiger partial charge in [0.05, 0.1) is 6.61 Å². The molecule has 0 heterocycles. The summed E-state index contributed by atoms with van der Waals surface area (Å²) in [6, 6.07) is -0.963. The molecule has 0 aliphatic rings. The fourth-order valence-corrected chi connectivity index (χ4v) is 0.444. The fourth-order valence-electron chi connectivity index (χ4n) is 0.348. The van der Waals surface area contributed by atoms with Crippen LogP contribution in [0.2, 0.25) is 0 Å². The Labute approximate surface area is 64.5 Å². The van der Waals surface area contributed by atoms with E-state index in [-0.39, 0.29) is 11.6 Å². The SMILES string of the molecule is CCOC(=O)C(N)C(N)=S. The van der Waals surface area contributed by atoms with Crippen LogP contribution in [0.1, 0.15) is 6.92 Å². The van der Waals surface area contributed by atoms with Crippen LogP contribution in [0.4, 0.5) is 0 Å². The summed E-state index contributed by atoms with van der Waals surface area (Å²) in [4.78, 5) is 10.6. The maximum atomic E-state index is 10.7. The summed E-state index contributed by atoms with van der Waals surface area (Å²) in [7, 11) is 0. The molecular formula is C5H10N2O2S. The molecule has 0 spiro atoms. The zero-order valence-corrected chi connectivity index (χ0v) is 6.48. The number of ether oxygens (including phenoxy) is 1. The molecule has 0 radical (unpaired) electrons. The number of nitrogens with two attached hydrogens (primary N) is 2. The van der Waals surface area contributed by atoms with E-state index < -0.39 is 12.0 Å². The molecule has 0 saturated heterocycles. The second-order valence-corrected chi connectivity index (χ2v) is 2.10. The molecule has 0 aliphatic carbocycles. The summed E-state index contributed by atoms with van der Waals surface area (Å²) in [6.07, 6.45) is 0. The zero-order valence-electron chi connectivity index (χ0n) is 5.66. The first-order chi connectivity index (χ1) is 4.59. The molecule has 58 valence electrons. The minimum Gasteiger partial charge on any atom is -0.465 e. The maximum absolute atomic E-state index is 10.7. The van der Waals surface area contributed by atoms with Crippen LogP contribution in [0, 0.1) is 0 Å². The maximum Gasteiger partial charge on any atom is 0.330 e. The van der Waals surface area contributed by atoms with Crippen molar-refractivity contribution in [2.24, 2.45) is 11.5 Å². The summed E-state index contributed by atoms with van der Waals surface area (Å²) in [5.41, 5.74) is 10.3. The number of carbonyl (C=O) groups excluding carboxylic acids is 1. The third kappa shape index (κ3) is 2.75. The second kappa shape index (κ2) is 4.19. The molecule has 0 aromatic carbocycles. The van der Waals surface area contributed by atoms with E-state index in [4.69, 9.17) is 11.5 Å². The largest absolute Gasteiger partial charge is 0.465 e. The molecule has 0 aromatic rings. The van der Waals surface area contributed by atoms with Gasteiger partial charge in [0.15, 0.2) is 6.04 Å². The van der Waals surface area contributed by atoms with Gasteiger partial charge in [-0.1, -0.05) is 12.2 Å². The van der Waals surface area contributed by atoms with E-state index in [1.54, 1.807) is 6.92 Å². The first-order valence-electron chi connectivity index (χ1n) is 2.81. The average Bonchev–Trinajstić information content (AvgIpc) is 1.87. The Morgan fingerprint density at radius 1 is 1.80 bits per heavy atom. The highest BCUT2D eigenvalue weighted by Gasteiger charge is 2.16. The third-order valence-electron chi connectivity index (χ3n) is 0.847. The minimum absolute atomic E-state index is 0.0431. The molecule has 0 saturated carbocycles. The van der Waals surface area contributed by atoms with E-state index in [1.807, 2.05) is 0 Å². The molecule has 0 rings (SSSR count). The molecule has 5 heteroatoms. The van der Waals surface area contributed by atoms with Gasteiger partial charge in [-0.3, -0.25) is 0 Å². The van der Waals surface area contributed by atoms with Crippen molar-refractivity contribution in [3.05, 3.63) is 0 Å². The summed E-state index contributed by atoms with van der Waals surface area (Å²) in [6.45, 7) is 1.97. The first-order valence-corrected chi connectivity index (χ1v) is 3.22. The summed E-state index contributed by atoms with van der Waals surface area (Å²) < 4.78 is 4.53. The Morgan fingerprint density at radius 3 is 2.60 bits per heavy atom. The number of hydrogen-bond acceptors (Lipinski definition) is 4. The van der Waals surface area contributed by atoms with Crippen molar-refractivity contribution in [3.8, 4) is 0 Å². The van der Waals surface area contributed by atoms with Gasteiger partial charge in [0.25, 0.3) is 0 Å². The van der Waals surface area contributed by atoms with Gasteiger partial charge in [-0.15, -0.1) is 0 Å². The van der Waals surface area contributed by atoms with Crippen LogP contribution in [0.15, 0.2) is 0 Å². The van der Waals surface area contributed by atoms with Crippen LogP contribution in [0.5, 0.6) is 0 Å². The highest BCUT2D eigenvalue weighted by Crippen LogP contribution is 1.85. The van der Waals surface area contributed by atoms with E-state index in [9.17, 15) is 4.79 Å². The normalized spacial score (nSPS) is 12.2. The lowest BCUT2D eigenvalue weighted by atomic mass is 10.3. The lowest BCUT2D eigenvalue weighted by Crippen LogP contribution is -2.43. The van der Waals surface area contributed by atoms with Gasteiger partial charge in [0.1, 0.15) is 4.99 Å². The molecule has 4 nitrogen and oxygen atoms in total. The van der Waals surface area contributed by atoms with Gasteiger partial charge in [0, 0.05) is 0 Å². The van der Waals surface area contributed by atoms with Gasteiger partial charge in [-0.05, 0) is 6.92 Å². The Hall–Kier alpha value is -0.680. The van der Waals surface area contributed by atoms with Crippen LogP contribution in [-0.2, 0) is 9.53 Å².